The van der Waals surface area contributed by atoms with Crippen LogP contribution in [-0.2, 0) is 20.9 Å². The normalized spacial score (nSPS) is 18.8. The molecule has 0 radical (unpaired) electrons. The topological polar surface area (TPSA) is 55.8 Å². The highest BCUT2D eigenvalue weighted by Crippen LogP contribution is 2.28. The number of benzene rings is 1. The molecule has 1 aromatic rings. The van der Waals surface area contributed by atoms with Crippen LogP contribution >= 0.6 is 11.8 Å². The molecule has 5 nitrogen and oxygen atoms in total. The number of methoxy groups -OCH3 is 1. The van der Waals surface area contributed by atoms with Gasteiger partial charge < -0.3 is 14.4 Å². The fraction of sp³-hybridized carbons (Fsp3) is 0.500. The Labute approximate surface area is 135 Å². The molecule has 0 bridgehead atoms. The number of nitrogens with zero attached hydrogens (tertiary/aromatic N) is 1. The number of esters is 1. The van der Waals surface area contributed by atoms with E-state index in [0.29, 0.717) is 6.54 Å². The molecule has 0 saturated carbocycles. The van der Waals surface area contributed by atoms with Gasteiger partial charge in [0, 0.05) is 6.54 Å². The summed E-state index contributed by atoms with van der Waals surface area (Å²) < 4.78 is 10.2. The van der Waals surface area contributed by atoms with Crippen LogP contribution in [0.15, 0.2) is 30.3 Å². The van der Waals surface area contributed by atoms with Crippen molar-refractivity contribution in [1.29, 1.82) is 0 Å². The lowest BCUT2D eigenvalue weighted by atomic mass is 10.1. The van der Waals surface area contributed by atoms with Gasteiger partial charge in [0.25, 0.3) is 0 Å². The molecule has 22 heavy (non-hydrogen) atoms. The SMILES string of the molecule is COC(=O)C(SC)C1CCCN1C(=O)OCc1ccccc1. The second-order valence-corrected chi connectivity index (χ2v) is 6.10. The van der Waals surface area contributed by atoms with Gasteiger partial charge in [-0.3, -0.25) is 4.79 Å². The van der Waals surface area contributed by atoms with E-state index in [2.05, 4.69) is 0 Å². The van der Waals surface area contributed by atoms with E-state index in [1.165, 1.54) is 18.9 Å². The molecule has 1 saturated heterocycles. The molecule has 0 spiro atoms. The van der Waals surface area contributed by atoms with E-state index < -0.39 is 0 Å². The van der Waals surface area contributed by atoms with Crippen LogP contribution in [-0.4, -0.2) is 48.2 Å². The molecule has 1 aromatic carbocycles. The third kappa shape index (κ3) is 3.94. The van der Waals surface area contributed by atoms with Gasteiger partial charge in [0.2, 0.25) is 0 Å². The molecule has 1 heterocycles. The lowest BCUT2D eigenvalue weighted by Crippen LogP contribution is -2.45. The van der Waals surface area contributed by atoms with E-state index >= 15 is 0 Å². The lowest BCUT2D eigenvalue weighted by Gasteiger charge is -2.28. The van der Waals surface area contributed by atoms with Gasteiger partial charge in [0.05, 0.1) is 13.2 Å². The molecule has 2 unspecified atom stereocenters. The Balaban J connectivity index is 1.97. The average Bonchev–Trinajstić information content (AvgIpc) is 3.03. The first-order chi connectivity index (χ1) is 10.7. The smallest absolute Gasteiger partial charge is 0.410 e. The van der Waals surface area contributed by atoms with Crippen molar-refractivity contribution >= 4 is 23.8 Å². The first kappa shape index (κ1) is 16.7. The van der Waals surface area contributed by atoms with Gasteiger partial charge in [-0.1, -0.05) is 30.3 Å². The van der Waals surface area contributed by atoms with Gasteiger partial charge in [-0.25, -0.2) is 4.79 Å². The summed E-state index contributed by atoms with van der Waals surface area (Å²) in [6, 6.07) is 9.39. The molecule has 1 aliphatic heterocycles. The van der Waals surface area contributed by atoms with E-state index in [-0.39, 0.29) is 30.0 Å². The number of likely N-dealkylation sites (tertiary alicyclic amines) is 1. The summed E-state index contributed by atoms with van der Waals surface area (Å²) in [5.41, 5.74) is 0.945. The quantitative estimate of drug-likeness (QED) is 0.780. The minimum atomic E-state index is -0.366. The largest absolute Gasteiger partial charge is 0.468 e. The van der Waals surface area contributed by atoms with Crippen molar-refractivity contribution in [2.45, 2.75) is 30.7 Å². The highest BCUT2D eigenvalue weighted by atomic mass is 32.2. The van der Waals surface area contributed by atoms with Crippen LogP contribution in [0, 0.1) is 0 Å². The second-order valence-electron chi connectivity index (χ2n) is 5.12. The lowest BCUT2D eigenvalue weighted by molar-refractivity contribution is -0.140. The minimum Gasteiger partial charge on any atom is -0.468 e. The van der Waals surface area contributed by atoms with E-state index in [1.54, 1.807) is 4.90 Å². The fourth-order valence-electron chi connectivity index (χ4n) is 2.66. The zero-order valence-corrected chi connectivity index (χ0v) is 13.7. The van der Waals surface area contributed by atoms with Gasteiger partial charge in [-0.05, 0) is 24.7 Å². The average molecular weight is 323 g/mol. The molecule has 1 fully saturated rings. The standard InChI is InChI=1S/C16H21NO4S/c1-20-15(18)14(22-2)13-9-6-10-17(13)16(19)21-11-12-7-4-3-5-8-12/h3-5,7-8,13-14H,6,9-11H2,1-2H3. The predicted molar refractivity (Wildman–Crippen MR) is 85.7 cm³/mol. The predicted octanol–water partition coefficient (Wildman–Crippen LogP) is 2.69. The van der Waals surface area contributed by atoms with Crippen LogP contribution in [0.3, 0.4) is 0 Å². The number of amides is 1. The number of thioether (sulfide) groups is 1. The third-order valence-corrected chi connectivity index (χ3v) is 4.79. The summed E-state index contributed by atoms with van der Waals surface area (Å²) in [7, 11) is 1.37. The minimum absolute atomic E-state index is 0.161. The molecule has 0 aromatic heterocycles. The van der Waals surface area contributed by atoms with Crippen LogP contribution < -0.4 is 0 Å². The Bertz CT molecular complexity index is 508. The molecule has 6 heteroatoms. The van der Waals surface area contributed by atoms with Crippen molar-refractivity contribution in [3.8, 4) is 0 Å². The van der Waals surface area contributed by atoms with Gasteiger partial charge in [-0.15, -0.1) is 11.8 Å². The summed E-state index contributed by atoms with van der Waals surface area (Å²) >= 11 is 1.41. The molecular formula is C16H21NO4S. The summed E-state index contributed by atoms with van der Waals surface area (Å²) in [5, 5.41) is -0.364. The number of ether oxygens (including phenoxy) is 2. The summed E-state index contributed by atoms with van der Waals surface area (Å²) in [6.45, 7) is 0.859. The van der Waals surface area contributed by atoms with Crippen LogP contribution in [0.2, 0.25) is 0 Å². The van der Waals surface area contributed by atoms with Crippen LogP contribution in [0.4, 0.5) is 4.79 Å². The van der Waals surface area contributed by atoms with E-state index in [4.69, 9.17) is 9.47 Å². The Hall–Kier alpha value is -1.69. The highest BCUT2D eigenvalue weighted by molar-refractivity contribution is 8.00. The summed E-state index contributed by atoms with van der Waals surface area (Å²) in [6.07, 6.45) is 3.16. The summed E-state index contributed by atoms with van der Waals surface area (Å²) in [5.74, 6) is -0.291. The highest BCUT2D eigenvalue weighted by Gasteiger charge is 2.39. The molecule has 0 aliphatic carbocycles. The summed E-state index contributed by atoms with van der Waals surface area (Å²) in [4.78, 5) is 25.8. The number of carbonyl (C=O) groups is 2. The molecule has 2 atom stereocenters. The van der Waals surface area contributed by atoms with Crippen molar-refractivity contribution < 1.29 is 19.1 Å². The molecule has 1 aliphatic rings. The van der Waals surface area contributed by atoms with Crippen LogP contribution in [0.25, 0.3) is 0 Å². The van der Waals surface area contributed by atoms with Crippen molar-refractivity contribution in [3.05, 3.63) is 35.9 Å². The molecule has 1 amide bonds. The Morgan fingerprint density at radius 2 is 2.09 bits per heavy atom. The van der Waals surface area contributed by atoms with E-state index in [0.717, 1.165) is 18.4 Å². The van der Waals surface area contributed by atoms with Gasteiger partial charge in [0.1, 0.15) is 11.9 Å². The number of hydrogen-bond acceptors (Lipinski definition) is 5. The fourth-order valence-corrected chi connectivity index (χ4v) is 3.55. The maximum Gasteiger partial charge on any atom is 0.410 e. The van der Waals surface area contributed by atoms with Crippen molar-refractivity contribution in [1.82, 2.24) is 4.90 Å². The zero-order valence-electron chi connectivity index (χ0n) is 12.9. The molecular weight excluding hydrogens is 302 g/mol. The van der Waals surface area contributed by atoms with Crippen LogP contribution in [0.1, 0.15) is 18.4 Å². The maximum atomic E-state index is 12.3. The van der Waals surface area contributed by atoms with Gasteiger partial charge >= 0.3 is 12.1 Å². The third-order valence-electron chi connectivity index (χ3n) is 3.78. The second kappa shape index (κ2) is 8.08. The van der Waals surface area contributed by atoms with Crippen molar-refractivity contribution in [2.75, 3.05) is 19.9 Å². The first-order valence-corrected chi connectivity index (χ1v) is 8.54. The number of hydrogen-bond donors (Lipinski definition) is 0. The first-order valence-electron chi connectivity index (χ1n) is 7.25. The maximum absolute atomic E-state index is 12.3. The Kier molecular flexibility index (Phi) is 6.12. The van der Waals surface area contributed by atoms with E-state index in [1.807, 2.05) is 36.6 Å². The van der Waals surface area contributed by atoms with Gasteiger partial charge in [-0.2, -0.15) is 0 Å². The monoisotopic (exact) mass is 323 g/mol. The van der Waals surface area contributed by atoms with Crippen molar-refractivity contribution in [2.24, 2.45) is 0 Å². The molecule has 2 rings (SSSR count). The Morgan fingerprint density at radius 1 is 1.36 bits per heavy atom. The molecule has 120 valence electrons. The van der Waals surface area contributed by atoms with Gasteiger partial charge in [0.15, 0.2) is 0 Å². The van der Waals surface area contributed by atoms with Crippen LogP contribution in [0.5, 0.6) is 0 Å². The van der Waals surface area contributed by atoms with Crippen molar-refractivity contribution in [3.63, 3.8) is 0 Å². The molecule has 0 N–H and O–H groups in total. The zero-order chi connectivity index (χ0) is 15.9. The Morgan fingerprint density at radius 3 is 2.73 bits per heavy atom. The number of rotatable bonds is 5. The number of carbonyl (C=O) groups excluding carboxylic acids is 2. The van der Waals surface area contributed by atoms with E-state index in [9.17, 15) is 9.59 Å².